The number of ether oxygens (including phenoxy) is 1. The SMILES string of the molecule is CC(O)S(=O)(=O)c1cc(O)c([N+](=O)[O-])cc1O.CCOCC. The molecule has 9 nitrogen and oxygen atoms in total. The van der Waals surface area contributed by atoms with E-state index in [9.17, 15) is 28.7 Å². The van der Waals surface area contributed by atoms with Crippen molar-refractivity contribution >= 4 is 15.5 Å². The van der Waals surface area contributed by atoms with Gasteiger partial charge in [-0.3, -0.25) is 10.1 Å². The molecule has 0 saturated carbocycles. The van der Waals surface area contributed by atoms with Gasteiger partial charge < -0.3 is 20.1 Å². The third-order valence-corrected chi connectivity index (χ3v) is 4.25. The number of phenolic OH excluding ortho intramolecular Hbond substituents is 2. The first-order valence-electron chi connectivity index (χ1n) is 6.29. The fourth-order valence-corrected chi connectivity index (χ4v) is 2.30. The summed E-state index contributed by atoms with van der Waals surface area (Å²) in [5.41, 5.74) is -2.64. The Morgan fingerprint density at radius 1 is 1.23 bits per heavy atom. The number of benzene rings is 1. The van der Waals surface area contributed by atoms with Crippen molar-refractivity contribution in [1.82, 2.24) is 0 Å². The fourth-order valence-electron chi connectivity index (χ4n) is 1.31. The molecule has 0 bridgehead atoms. The van der Waals surface area contributed by atoms with E-state index in [0.717, 1.165) is 20.1 Å². The summed E-state index contributed by atoms with van der Waals surface area (Å²) < 4.78 is 27.8. The Morgan fingerprint density at radius 2 is 1.73 bits per heavy atom. The van der Waals surface area contributed by atoms with Crippen molar-refractivity contribution in [3.63, 3.8) is 0 Å². The summed E-state index contributed by atoms with van der Waals surface area (Å²) in [4.78, 5) is 8.66. The molecule has 1 unspecified atom stereocenters. The van der Waals surface area contributed by atoms with E-state index in [-0.39, 0.29) is 0 Å². The molecule has 0 aromatic heterocycles. The second kappa shape index (κ2) is 8.51. The number of hydrogen-bond donors (Lipinski definition) is 3. The maximum atomic E-state index is 11.5. The van der Waals surface area contributed by atoms with Crippen molar-refractivity contribution < 1.29 is 33.4 Å². The molecule has 22 heavy (non-hydrogen) atoms. The van der Waals surface area contributed by atoms with Gasteiger partial charge in [0, 0.05) is 19.3 Å². The smallest absolute Gasteiger partial charge is 0.314 e. The van der Waals surface area contributed by atoms with E-state index in [1.54, 1.807) is 0 Å². The lowest BCUT2D eigenvalue weighted by atomic mass is 10.3. The fraction of sp³-hybridized carbons (Fsp3) is 0.500. The average molecular weight is 337 g/mol. The lowest BCUT2D eigenvalue weighted by molar-refractivity contribution is -0.386. The monoisotopic (exact) mass is 337 g/mol. The summed E-state index contributed by atoms with van der Waals surface area (Å²) in [6.45, 7) is 6.62. The largest absolute Gasteiger partial charge is 0.506 e. The number of aliphatic hydroxyl groups is 1. The van der Waals surface area contributed by atoms with Gasteiger partial charge in [0.2, 0.25) is 9.84 Å². The lowest BCUT2D eigenvalue weighted by Gasteiger charge is -2.09. The summed E-state index contributed by atoms with van der Waals surface area (Å²) in [5.74, 6) is -1.82. The van der Waals surface area contributed by atoms with Crippen LogP contribution < -0.4 is 0 Å². The highest BCUT2D eigenvalue weighted by atomic mass is 32.2. The van der Waals surface area contributed by atoms with Crippen LogP contribution in [0.3, 0.4) is 0 Å². The number of aliphatic hydroxyl groups excluding tert-OH is 1. The van der Waals surface area contributed by atoms with Crippen molar-refractivity contribution in [2.75, 3.05) is 13.2 Å². The maximum absolute atomic E-state index is 11.5. The molecule has 1 rings (SSSR count). The third-order valence-electron chi connectivity index (χ3n) is 2.42. The van der Waals surface area contributed by atoms with Crippen molar-refractivity contribution in [1.29, 1.82) is 0 Å². The summed E-state index contributed by atoms with van der Waals surface area (Å²) in [5, 5.41) is 38.0. The van der Waals surface area contributed by atoms with Gasteiger partial charge in [-0.2, -0.15) is 0 Å². The van der Waals surface area contributed by atoms with E-state index in [1.807, 2.05) is 13.8 Å². The van der Waals surface area contributed by atoms with Crippen LogP contribution in [0.1, 0.15) is 20.8 Å². The Morgan fingerprint density at radius 3 is 2.05 bits per heavy atom. The molecular formula is C12H19NO8S. The minimum atomic E-state index is -4.25. The van der Waals surface area contributed by atoms with Gasteiger partial charge in [0.05, 0.1) is 11.0 Å². The van der Waals surface area contributed by atoms with E-state index in [2.05, 4.69) is 0 Å². The quantitative estimate of drug-likeness (QED) is 0.412. The van der Waals surface area contributed by atoms with Gasteiger partial charge in [0.1, 0.15) is 10.6 Å². The topological polar surface area (TPSA) is 147 Å². The summed E-state index contributed by atoms with van der Waals surface area (Å²) in [7, 11) is -4.25. The van der Waals surface area contributed by atoms with Crippen LogP contribution in [0, 0.1) is 10.1 Å². The van der Waals surface area contributed by atoms with Crippen LogP contribution in [0.5, 0.6) is 11.5 Å². The molecule has 0 aliphatic heterocycles. The van der Waals surface area contributed by atoms with Crippen LogP contribution >= 0.6 is 0 Å². The first-order chi connectivity index (χ1) is 10.1. The van der Waals surface area contributed by atoms with E-state index < -0.39 is 42.3 Å². The normalized spacial score (nSPS) is 12.2. The van der Waals surface area contributed by atoms with Gasteiger partial charge in [-0.25, -0.2) is 8.42 Å². The molecule has 0 heterocycles. The van der Waals surface area contributed by atoms with Gasteiger partial charge in [-0.15, -0.1) is 0 Å². The number of sulfone groups is 1. The number of aromatic hydroxyl groups is 2. The Balaban J connectivity index is 0.000000763. The Kier molecular flexibility index (Phi) is 7.77. The number of phenols is 2. The number of hydrogen-bond acceptors (Lipinski definition) is 8. The van der Waals surface area contributed by atoms with Crippen LogP contribution in [0.2, 0.25) is 0 Å². The Bertz CT molecular complexity index is 610. The van der Waals surface area contributed by atoms with Gasteiger partial charge >= 0.3 is 5.69 Å². The number of nitro benzene ring substituents is 1. The first-order valence-corrected chi connectivity index (χ1v) is 7.84. The highest BCUT2D eigenvalue weighted by Gasteiger charge is 2.28. The molecule has 1 atom stereocenters. The number of rotatable bonds is 5. The highest BCUT2D eigenvalue weighted by molar-refractivity contribution is 7.92. The predicted octanol–water partition coefficient (Wildman–Crippen LogP) is 1.16. The molecule has 3 N–H and O–H groups in total. The molecule has 0 spiro atoms. The molecule has 0 aliphatic carbocycles. The number of nitrogens with zero attached hydrogens (tertiary/aromatic N) is 1. The molecule has 0 aliphatic rings. The third kappa shape index (κ3) is 5.13. The van der Waals surface area contributed by atoms with Crippen molar-refractivity contribution in [2.45, 2.75) is 31.1 Å². The van der Waals surface area contributed by atoms with E-state index in [4.69, 9.17) is 9.84 Å². The minimum Gasteiger partial charge on any atom is -0.506 e. The van der Waals surface area contributed by atoms with Crippen LogP contribution in [0.4, 0.5) is 5.69 Å². The van der Waals surface area contributed by atoms with Gasteiger partial charge in [-0.05, 0) is 20.8 Å². The van der Waals surface area contributed by atoms with Crippen LogP contribution in [0.15, 0.2) is 17.0 Å². The summed E-state index contributed by atoms with van der Waals surface area (Å²) >= 11 is 0. The molecule has 1 aromatic rings. The van der Waals surface area contributed by atoms with E-state index in [0.29, 0.717) is 12.1 Å². The maximum Gasteiger partial charge on any atom is 0.314 e. The lowest BCUT2D eigenvalue weighted by Crippen LogP contribution is -2.17. The highest BCUT2D eigenvalue weighted by Crippen LogP contribution is 2.36. The zero-order chi connectivity index (χ0) is 17.5. The molecule has 126 valence electrons. The average Bonchev–Trinajstić information content (AvgIpc) is 2.41. The molecule has 1 aromatic carbocycles. The predicted molar refractivity (Wildman–Crippen MR) is 77.5 cm³/mol. The molecular weight excluding hydrogens is 318 g/mol. The minimum absolute atomic E-state index is 0.505. The Hall–Kier alpha value is -1.91. The van der Waals surface area contributed by atoms with Gasteiger partial charge in [0.15, 0.2) is 11.2 Å². The molecule has 0 amide bonds. The standard InChI is InChI=1S/C8H9NO7S.C4H10O/c1-4(10)17(15,16)8-3-6(11)5(9(13)14)2-7(8)12;1-3-5-4-2/h2-4,10-12H,1H3;3-4H2,1-2H3. The second-order valence-corrected chi connectivity index (χ2v) is 6.20. The van der Waals surface area contributed by atoms with E-state index in [1.165, 1.54) is 0 Å². The van der Waals surface area contributed by atoms with Crippen LogP contribution in [0.25, 0.3) is 0 Å². The van der Waals surface area contributed by atoms with Crippen molar-refractivity contribution in [3.8, 4) is 11.5 Å². The molecule has 0 saturated heterocycles. The van der Waals surface area contributed by atoms with Crippen LogP contribution in [-0.2, 0) is 14.6 Å². The molecule has 0 radical (unpaired) electrons. The zero-order valence-electron chi connectivity index (χ0n) is 12.4. The van der Waals surface area contributed by atoms with Crippen molar-refractivity contribution in [3.05, 3.63) is 22.2 Å². The zero-order valence-corrected chi connectivity index (χ0v) is 13.2. The first kappa shape index (κ1) is 20.1. The molecule has 0 fully saturated rings. The molecule has 10 heteroatoms. The number of nitro groups is 1. The van der Waals surface area contributed by atoms with E-state index >= 15 is 0 Å². The van der Waals surface area contributed by atoms with Gasteiger partial charge in [-0.1, -0.05) is 0 Å². The second-order valence-electron chi connectivity index (χ2n) is 3.99. The van der Waals surface area contributed by atoms with Gasteiger partial charge in [0.25, 0.3) is 0 Å². The summed E-state index contributed by atoms with van der Waals surface area (Å²) in [6.07, 6.45) is 0. The Labute approximate surface area is 127 Å². The van der Waals surface area contributed by atoms with Crippen molar-refractivity contribution in [2.24, 2.45) is 0 Å². The van der Waals surface area contributed by atoms with Crippen LogP contribution in [-0.4, -0.2) is 47.3 Å². The summed E-state index contributed by atoms with van der Waals surface area (Å²) in [6, 6.07) is 1.03.